The van der Waals surface area contributed by atoms with Gasteiger partial charge in [0.25, 0.3) is 0 Å². The van der Waals surface area contributed by atoms with Crippen molar-refractivity contribution in [1.82, 2.24) is 5.32 Å². The lowest BCUT2D eigenvalue weighted by atomic mass is 9.91. The number of halogens is 3. The Labute approximate surface area is 110 Å². The average Bonchev–Trinajstić information content (AvgIpc) is 2.38. The zero-order valence-electron chi connectivity index (χ0n) is 10.8. The monoisotopic (exact) mass is 273 g/mol. The highest BCUT2D eigenvalue weighted by Gasteiger charge is 2.25. The molecule has 0 bridgehead atoms. The molecule has 0 heterocycles. The summed E-state index contributed by atoms with van der Waals surface area (Å²) in [6, 6.07) is 1.55. The highest BCUT2D eigenvalue weighted by Crippen LogP contribution is 2.23. The Bertz CT molecular complexity index is 429. The second-order valence-electron chi connectivity index (χ2n) is 5.15. The fourth-order valence-electron chi connectivity index (χ4n) is 2.55. The topological polar surface area (TPSA) is 32.3 Å². The minimum atomic E-state index is -1.45. The maximum Gasteiger partial charge on any atom is 0.194 e. The van der Waals surface area contributed by atoms with E-state index in [-0.39, 0.29) is 12.1 Å². The lowest BCUT2D eigenvalue weighted by Crippen LogP contribution is -2.43. The third kappa shape index (κ3) is 3.28. The number of hydrogen-bond donors (Lipinski definition) is 2. The van der Waals surface area contributed by atoms with Crippen LogP contribution in [0.5, 0.6) is 0 Å². The molecule has 0 spiro atoms. The molecular weight excluding hydrogens is 255 g/mol. The van der Waals surface area contributed by atoms with Gasteiger partial charge in [0.05, 0.1) is 6.10 Å². The van der Waals surface area contributed by atoms with Crippen LogP contribution in [0.15, 0.2) is 12.1 Å². The van der Waals surface area contributed by atoms with Gasteiger partial charge in [0.1, 0.15) is 0 Å². The molecule has 1 aromatic rings. The summed E-state index contributed by atoms with van der Waals surface area (Å²) in [5, 5.41) is 13.0. The molecule has 1 aliphatic carbocycles. The van der Waals surface area contributed by atoms with Crippen LogP contribution in [-0.2, 0) is 0 Å². The minimum Gasteiger partial charge on any atom is -0.392 e. The van der Waals surface area contributed by atoms with Crippen molar-refractivity contribution in [2.45, 2.75) is 50.8 Å². The number of rotatable bonds is 3. The van der Waals surface area contributed by atoms with Gasteiger partial charge in [-0.25, -0.2) is 13.2 Å². The van der Waals surface area contributed by atoms with E-state index in [1.165, 1.54) is 0 Å². The van der Waals surface area contributed by atoms with E-state index in [2.05, 4.69) is 5.32 Å². The van der Waals surface area contributed by atoms with Gasteiger partial charge in [0, 0.05) is 12.1 Å². The van der Waals surface area contributed by atoms with Crippen molar-refractivity contribution in [3.63, 3.8) is 0 Å². The predicted octanol–water partition coefficient (Wildman–Crippen LogP) is 3.06. The zero-order valence-corrected chi connectivity index (χ0v) is 10.8. The van der Waals surface area contributed by atoms with Crippen LogP contribution >= 0.6 is 0 Å². The molecule has 3 unspecified atom stereocenters. The van der Waals surface area contributed by atoms with E-state index >= 15 is 0 Å². The van der Waals surface area contributed by atoms with Crippen molar-refractivity contribution >= 4 is 0 Å². The lowest BCUT2D eigenvalue weighted by molar-refractivity contribution is 0.0859. The standard InChI is InChI=1S/C14H18F3NO/c1-8(18-12-4-2-3-5-13(12)19)9-6-10(15)14(17)11(16)7-9/h6-8,12-13,18-19H,2-5H2,1H3. The highest BCUT2D eigenvalue weighted by molar-refractivity contribution is 5.22. The van der Waals surface area contributed by atoms with Gasteiger partial charge in [0.2, 0.25) is 0 Å². The molecule has 0 amide bonds. The van der Waals surface area contributed by atoms with Crippen LogP contribution in [0.1, 0.15) is 44.2 Å². The SMILES string of the molecule is CC(NC1CCCCC1O)c1cc(F)c(F)c(F)c1. The van der Waals surface area contributed by atoms with Gasteiger partial charge in [-0.15, -0.1) is 0 Å². The largest absolute Gasteiger partial charge is 0.392 e. The van der Waals surface area contributed by atoms with E-state index in [1.807, 2.05) is 0 Å². The van der Waals surface area contributed by atoms with Crippen molar-refractivity contribution in [3.8, 4) is 0 Å². The normalized spacial score (nSPS) is 25.3. The van der Waals surface area contributed by atoms with E-state index in [1.54, 1.807) is 6.92 Å². The van der Waals surface area contributed by atoms with Gasteiger partial charge in [-0.3, -0.25) is 0 Å². The molecule has 1 saturated carbocycles. The number of aliphatic hydroxyl groups excluding tert-OH is 1. The van der Waals surface area contributed by atoms with Crippen LogP contribution in [0.25, 0.3) is 0 Å². The molecule has 3 atom stereocenters. The van der Waals surface area contributed by atoms with Gasteiger partial charge in [0.15, 0.2) is 17.5 Å². The number of benzene rings is 1. The van der Waals surface area contributed by atoms with Gasteiger partial charge in [-0.2, -0.15) is 0 Å². The predicted molar refractivity (Wildman–Crippen MR) is 66.1 cm³/mol. The summed E-state index contributed by atoms with van der Waals surface area (Å²) < 4.78 is 39.2. The lowest BCUT2D eigenvalue weighted by Gasteiger charge is -2.31. The second-order valence-corrected chi connectivity index (χ2v) is 5.15. The first-order chi connectivity index (χ1) is 8.99. The Kier molecular flexibility index (Phi) is 4.47. The average molecular weight is 273 g/mol. The van der Waals surface area contributed by atoms with Crippen LogP contribution in [0, 0.1) is 17.5 Å². The number of nitrogens with one attached hydrogen (secondary N) is 1. The Morgan fingerprint density at radius 3 is 2.32 bits per heavy atom. The molecular formula is C14H18F3NO. The van der Waals surface area contributed by atoms with Crippen molar-refractivity contribution in [1.29, 1.82) is 0 Å². The molecule has 2 rings (SSSR count). The Morgan fingerprint density at radius 2 is 1.74 bits per heavy atom. The smallest absolute Gasteiger partial charge is 0.194 e. The number of hydrogen-bond acceptors (Lipinski definition) is 2. The van der Waals surface area contributed by atoms with Crippen LogP contribution in [0.4, 0.5) is 13.2 Å². The second kappa shape index (κ2) is 5.92. The van der Waals surface area contributed by atoms with Crippen LogP contribution < -0.4 is 5.32 Å². The van der Waals surface area contributed by atoms with Crippen LogP contribution in [0.3, 0.4) is 0 Å². The first kappa shape index (κ1) is 14.3. The van der Waals surface area contributed by atoms with Gasteiger partial charge in [-0.05, 0) is 37.5 Å². The van der Waals surface area contributed by atoms with E-state index in [0.29, 0.717) is 5.56 Å². The summed E-state index contributed by atoms with van der Waals surface area (Å²) >= 11 is 0. The maximum absolute atomic E-state index is 13.2. The molecule has 1 aliphatic rings. The molecule has 0 aromatic heterocycles. The molecule has 2 N–H and O–H groups in total. The summed E-state index contributed by atoms with van der Waals surface area (Å²) in [6.45, 7) is 1.74. The van der Waals surface area contributed by atoms with Crippen molar-refractivity contribution in [2.24, 2.45) is 0 Å². The van der Waals surface area contributed by atoms with Crippen LogP contribution in [-0.4, -0.2) is 17.3 Å². The fraction of sp³-hybridized carbons (Fsp3) is 0.571. The molecule has 5 heteroatoms. The van der Waals surface area contributed by atoms with E-state index in [4.69, 9.17) is 0 Å². The summed E-state index contributed by atoms with van der Waals surface area (Å²) in [4.78, 5) is 0. The summed E-state index contributed by atoms with van der Waals surface area (Å²) in [7, 11) is 0. The molecule has 0 saturated heterocycles. The Hall–Kier alpha value is -1.07. The quantitative estimate of drug-likeness (QED) is 0.830. The van der Waals surface area contributed by atoms with Crippen molar-refractivity contribution in [2.75, 3.05) is 0 Å². The summed E-state index contributed by atoms with van der Waals surface area (Å²) in [5.74, 6) is -3.82. The van der Waals surface area contributed by atoms with Gasteiger partial charge < -0.3 is 10.4 Å². The van der Waals surface area contributed by atoms with Crippen LogP contribution in [0.2, 0.25) is 0 Å². The highest BCUT2D eigenvalue weighted by atomic mass is 19.2. The first-order valence-corrected chi connectivity index (χ1v) is 6.57. The van der Waals surface area contributed by atoms with E-state index in [0.717, 1.165) is 37.8 Å². The molecule has 1 fully saturated rings. The first-order valence-electron chi connectivity index (χ1n) is 6.57. The fourth-order valence-corrected chi connectivity index (χ4v) is 2.55. The Balaban J connectivity index is 2.09. The summed E-state index contributed by atoms with van der Waals surface area (Å²) in [6.07, 6.45) is 3.14. The third-order valence-corrected chi connectivity index (χ3v) is 3.70. The van der Waals surface area contributed by atoms with E-state index in [9.17, 15) is 18.3 Å². The maximum atomic E-state index is 13.2. The van der Waals surface area contributed by atoms with Crippen molar-refractivity contribution < 1.29 is 18.3 Å². The molecule has 0 aliphatic heterocycles. The molecule has 2 nitrogen and oxygen atoms in total. The van der Waals surface area contributed by atoms with Gasteiger partial charge in [-0.1, -0.05) is 12.8 Å². The number of aliphatic hydroxyl groups is 1. The summed E-state index contributed by atoms with van der Waals surface area (Å²) in [5.41, 5.74) is 0.342. The van der Waals surface area contributed by atoms with E-state index < -0.39 is 23.6 Å². The van der Waals surface area contributed by atoms with Crippen molar-refractivity contribution in [3.05, 3.63) is 35.1 Å². The van der Waals surface area contributed by atoms with Gasteiger partial charge >= 0.3 is 0 Å². The minimum absolute atomic E-state index is 0.0834. The molecule has 0 radical (unpaired) electrons. The molecule has 19 heavy (non-hydrogen) atoms. The molecule has 1 aromatic carbocycles. The molecule has 106 valence electrons. The zero-order chi connectivity index (χ0) is 14.0. The Morgan fingerprint density at radius 1 is 1.16 bits per heavy atom. The third-order valence-electron chi connectivity index (χ3n) is 3.70.